The molecule has 3 amide bonds. The third-order valence-corrected chi connectivity index (χ3v) is 9.65. The fourth-order valence-electron chi connectivity index (χ4n) is 5.96. The smallest absolute Gasteiger partial charge is 0.254 e. The Labute approximate surface area is 232 Å². The number of fused-ring (bicyclic) bond motifs is 1. The van der Waals surface area contributed by atoms with Crippen LogP contribution in [0.25, 0.3) is 0 Å². The van der Waals surface area contributed by atoms with Crippen molar-refractivity contribution in [2.45, 2.75) is 35.5 Å². The minimum atomic E-state index is -1.27. The van der Waals surface area contributed by atoms with E-state index in [-0.39, 0.29) is 30.7 Å². The molecule has 0 aliphatic carbocycles. The summed E-state index contributed by atoms with van der Waals surface area (Å²) >= 11 is 0. The molecule has 1 atom stereocenters. The van der Waals surface area contributed by atoms with E-state index in [0.717, 1.165) is 18.7 Å². The van der Waals surface area contributed by atoms with Crippen molar-refractivity contribution in [3.05, 3.63) is 64.5 Å². The standard InChI is InChI=1S/C25H32B5FN4O4/c26-23(27)21(37)33-22(38)24(28,25(23,29)30)35-13-17-16(20(35)36)5-2-6-18(17)32-11-14-3-1-4-15(19(14)31)12-34-7-9-39-10-8-34/h1-6,32H,7-13,26-30H2,(H,33,37,38). The number of hydrogen-bond donors (Lipinski definition) is 2. The Morgan fingerprint density at radius 3 is 2.33 bits per heavy atom. The summed E-state index contributed by atoms with van der Waals surface area (Å²) in [6.07, 6.45) is 0. The van der Waals surface area contributed by atoms with Crippen molar-refractivity contribution in [3.63, 3.8) is 0 Å². The highest BCUT2D eigenvalue weighted by Crippen LogP contribution is 2.55. The van der Waals surface area contributed by atoms with Crippen LogP contribution < -0.4 is 10.6 Å². The average molecular weight is 526 g/mol. The van der Waals surface area contributed by atoms with Crippen molar-refractivity contribution in [2.75, 3.05) is 31.6 Å². The fourth-order valence-corrected chi connectivity index (χ4v) is 5.96. The maximum Gasteiger partial charge on any atom is 0.254 e. The first-order chi connectivity index (χ1) is 18.4. The van der Waals surface area contributed by atoms with E-state index in [0.29, 0.717) is 42.1 Å². The second-order valence-corrected chi connectivity index (χ2v) is 12.0. The van der Waals surface area contributed by atoms with Crippen LogP contribution in [0, 0.1) is 5.82 Å². The van der Waals surface area contributed by atoms with Gasteiger partial charge in [-0.1, -0.05) is 29.5 Å². The van der Waals surface area contributed by atoms with Crippen molar-refractivity contribution in [3.8, 4) is 0 Å². The summed E-state index contributed by atoms with van der Waals surface area (Å²) in [7, 11) is 9.07. The molecule has 2 aromatic carbocycles. The van der Waals surface area contributed by atoms with Gasteiger partial charge in [-0.25, -0.2) is 4.39 Å². The summed E-state index contributed by atoms with van der Waals surface area (Å²) in [5, 5.41) is 4.09. The largest absolute Gasteiger partial charge is 0.381 e. The number of carbonyl (C=O) groups excluding carboxylic acids is 3. The van der Waals surface area contributed by atoms with E-state index in [1.165, 1.54) is 0 Å². The molecule has 198 valence electrons. The van der Waals surface area contributed by atoms with Crippen LogP contribution in [0.3, 0.4) is 0 Å². The molecule has 2 N–H and O–H groups in total. The van der Waals surface area contributed by atoms with Crippen molar-refractivity contribution >= 4 is 62.6 Å². The maximum atomic E-state index is 15.4. The second-order valence-electron chi connectivity index (χ2n) is 12.0. The van der Waals surface area contributed by atoms with Gasteiger partial charge in [-0.15, -0.1) is 0 Å². The van der Waals surface area contributed by atoms with Crippen molar-refractivity contribution in [2.24, 2.45) is 0 Å². The number of ether oxygens (including phenoxy) is 1. The van der Waals surface area contributed by atoms with Gasteiger partial charge in [-0.05, 0) is 17.3 Å². The van der Waals surface area contributed by atoms with E-state index in [9.17, 15) is 14.4 Å². The van der Waals surface area contributed by atoms with Gasteiger partial charge in [-0.3, -0.25) is 24.6 Å². The quantitative estimate of drug-likeness (QED) is 0.308. The molecule has 2 aromatic rings. The van der Waals surface area contributed by atoms with Crippen LogP contribution in [0.1, 0.15) is 27.0 Å². The Morgan fingerprint density at radius 2 is 1.62 bits per heavy atom. The molecule has 1 unspecified atom stereocenters. The first-order valence-corrected chi connectivity index (χ1v) is 13.5. The zero-order chi connectivity index (χ0) is 28.2. The summed E-state index contributed by atoms with van der Waals surface area (Å²) in [5.41, 5.74) is 1.89. The van der Waals surface area contributed by atoms with E-state index in [1.54, 1.807) is 46.6 Å². The average Bonchev–Trinajstić information content (AvgIpc) is 3.25. The lowest BCUT2D eigenvalue weighted by Crippen LogP contribution is -2.75. The number of anilines is 1. The molecular weight excluding hydrogens is 493 g/mol. The van der Waals surface area contributed by atoms with Crippen LogP contribution in [0.15, 0.2) is 36.4 Å². The van der Waals surface area contributed by atoms with E-state index in [2.05, 4.69) is 15.5 Å². The molecule has 0 spiro atoms. The van der Waals surface area contributed by atoms with Crippen LogP contribution in [0.2, 0.25) is 10.4 Å². The fraction of sp³-hybridized carbons (Fsp3) is 0.400. The van der Waals surface area contributed by atoms with Gasteiger partial charge >= 0.3 is 0 Å². The Balaban J connectivity index is 1.38. The maximum absolute atomic E-state index is 15.4. The second kappa shape index (κ2) is 9.89. The Morgan fingerprint density at radius 1 is 0.949 bits per heavy atom. The Kier molecular flexibility index (Phi) is 7.00. The highest BCUT2D eigenvalue weighted by Gasteiger charge is 2.64. The molecule has 14 heteroatoms. The number of nitrogens with zero attached hydrogens (tertiary/aromatic N) is 2. The number of carbonyl (C=O) groups is 3. The number of nitrogens with one attached hydrogen (secondary N) is 2. The Hall–Kier alpha value is -2.98. The van der Waals surface area contributed by atoms with Crippen LogP contribution >= 0.6 is 0 Å². The summed E-state index contributed by atoms with van der Waals surface area (Å²) in [6.45, 7) is 3.85. The predicted octanol–water partition coefficient (Wildman–Crippen LogP) is -3.02. The van der Waals surface area contributed by atoms with E-state index in [1.807, 2.05) is 33.9 Å². The number of amides is 3. The summed E-state index contributed by atoms with van der Waals surface area (Å²) in [6, 6.07) is 10.8. The van der Waals surface area contributed by atoms with Gasteiger partial charge in [0.2, 0.25) is 11.8 Å². The minimum absolute atomic E-state index is 0.203. The number of imide groups is 1. The summed E-state index contributed by atoms with van der Waals surface area (Å²) < 4.78 is 20.8. The van der Waals surface area contributed by atoms with Gasteiger partial charge in [-0.2, -0.15) is 0 Å². The van der Waals surface area contributed by atoms with Crippen molar-refractivity contribution in [1.82, 2.24) is 15.1 Å². The van der Waals surface area contributed by atoms with E-state index >= 15 is 4.39 Å². The monoisotopic (exact) mass is 526 g/mol. The molecule has 2 saturated heterocycles. The van der Waals surface area contributed by atoms with Crippen LogP contribution in [-0.4, -0.2) is 98.5 Å². The SMILES string of the molecule is BC1(B)C(=O)NC(=O)C(B)(N2Cc3c(NCc4cccc(CN5CCOCC5)c4F)cccc3C2=O)C1(B)B. The first kappa shape index (κ1) is 27.6. The summed E-state index contributed by atoms with van der Waals surface area (Å²) in [4.78, 5) is 43.5. The van der Waals surface area contributed by atoms with Crippen molar-refractivity contribution in [1.29, 1.82) is 0 Å². The molecular formula is C25H32B5FN4O4. The number of benzene rings is 2. The molecule has 3 heterocycles. The molecule has 5 rings (SSSR count). The molecule has 0 aromatic heterocycles. The highest BCUT2D eigenvalue weighted by atomic mass is 19.1. The molecule has 0 bridgehead atoms. The van der Waals surface area contributed by atoms with Gasteiger partial charge in [0.1, 0.15) is 45.0 Å². The van der Waals surface area contributed by atoms with Crippen molar-refractivity contribution < 1.29 is 23.5 Å². The minimum Gasteiger partial charge on any atom is -0.381 e. The molecule has 39 heavy (non-hydrogen) atoms. The molecule has 3 aliphatic rings. The zero-order valence-corrected chi connectivity index (χ0v) is 23.3. The molecule has 8 nitrogen and oxygen atoms in total. The number of halogens is 1. The third kappa shape index (κ3) is 4.32. The lowest BCUT2D eigenvalue weighted by atomic mass is 9.21. The zero-order valence-electron chi connectivity index (χ0n) is 23.3. The third-order valence-electron chi connectivity index (χ3n) is 9.65. The number of morpholine rings is 1. The topological polar surface area (TPSA) is 91.0 Å². The lowest BCUT2D eigenvalue weighted by Gasteiger charge is -2.59. The van der Waals surface area contributed by atoms with Gasteiger partial charge in [0, 0.05) is 60.7 Å². The van der Waals surface area contributed by atoms with E-state index < -0.39 is 21.8 Å². The van der Waals surface area contributed by atoms with Crippen LogP contribution in [-0.2, 0) is 34.0 Å². The predicted molar refractivity (Wildman–Crippen MR) is 160 cm³/mol. The number of rotatable bonds is 6. The first-order valence-electron chi connectivity index (χ1n) is 13.5. The van der Waals surface area contributed by atoms with Gasteiger partial charge < -0.3 is 15.0 Å². The van der Waals surface area contributed by atoms with Gasteiger partial charge in [0.05, 0.1) is 18.7 Å². The Bertz CT molecular complexity index is 1350. The lowest BCUT2D eigenvalue weighted by molar-refractivity contribution is -0.140. The summed E-state index contributed by atoms with van der Waals surface area (Å²) in [5.74, 6) is -1.32. The normalized spacial score (nSPS) is 24.3. The molecule has 0 saturated carbocycles. The number of piperidine rings is 1. The van der Waals surface area contributed by atoms with Gasteiger partial charge in [0.25, 0.3) is 5.91 Å². The molecule has 2 fully saturated rings. The molecule has 3 aliphatic heterocycles. The van der Waals surface area contributed by atoms with Gasteiger partial charge in [0.15, 0.2) is 0 Å². The highest BCUT2D eigenvalue weighted by molar-refractivity contribution is 6.66. The van der Waals surface area contributed by atoms with Crippen LogP contribution in [0.5, 0.6) is 0 Å². The number of hydrogen-bond acceptors (Lipinski definition) is 6. The van der Waals surface area contributed by atoms with Crippen LogP contribution in [0.4, 0.5) is 10.1 Å². The van der Waals surface area contributed by atoms with E-state index in [4.69, 9.17) is 4.74 Å². The molecule has 0 radical (unpaired) electrons.